The molecule has 1 heterocycles. The van der Waals surface area contributed by atoms with Crippen LogP contribution in [-0.2, 0) is 11.2 Å². The van der Waals surface area contributed by atoms with Gasteiger partial charge in [0.25, 0.3) is 0 Å². The van der Waals surface area contributed by atoms with Crippen LogP contribution in [0.3, 0.4) is 0 Å². The molecular formula is C26H29ClO4. The molecule has 4 rings (SSSR count). The van der Waals surface area contributed by atoms with Crippen molar-refractivity contribution in [2.45, 2.75) is 68.9 Å². The van der Waals surface area contributed by atoms with Crippen LogP contribution in [0, 0.1) is 11.8 Å². The van der Waals surface area contributed by atoms with E-state index >= 15 is 0 Å². The van der Waals surface area contributed by atoms with Crippen molar-refractivity contribution in [3.8, 4) is 11.8 Å². The highest BCUT2D eigenvalue weighted by Gasteiger charge is 2.29. The maximum atomic E-state index is 10.4. The number of hydrogen-bond donors (Lipinski definition) is 3. The summed E-state index contributed by atoms with van der Waals surface area (Å²) in [6, 6.07) is 13.9. The van der Waals surface area contributed by atoms with E-state index in [1.165, 1.54) is 0 Å². The van der Waals surface area contributed by atoms with Crippen molar-refractivity contribution in [3.63, 3.8) is 0 Å². The van der Waals surface area contributed by atoms with Crippen LogP contribution in [0.25, 0.3) is 0 Å². The molecule has 2 aromatic rings. The number of hydrogen-bond acceptors (Lipinski definition) is 4. The number of halogens is 1. The van der Waals surface area contributed by atoms with Crippen molar-refractivity contribution >= 4 is 11.6 Å². The Balaban J connectivity index is 1.46. The largest absolute Gasteiger partial charge is 0.394 e. The molecule has 0 aromatic heterocycles. The molecule has 0 spiro atoms. The highest BCUT2D eigenvalue weighted by molar-refractivity contribution is 6.31. The Morgan fingerprint density at radius 1 is 1.06 bits per heavy atom. The first-order valence-electron chi connectivity index (χ1n) is 11.0. The Morgan fingerprint density at radius 3 is 2.52 bits per heavy atom. The Bertz CT molecular complexity index is 954. The van der Waals surface area contributed by atoms with E-state index in [-0.39, 0.29) is 18.8 Å². The van der Waals surface area contributed by atoms with Crippen LogP contribution < -0.4 is 0 Å². The Labute approximate surface area is 188 Å². The van der Waals surface area contributed by atoms with Gasteiger partial charge in [-0.2, -0.15) is 0 Å². The summed E-state index contributed by atoms with van der Waals surface area (Å²) in [5, 5.41) is 30.6. The standard InChI is InChI=1S/C26H29ClO4/c27-24-8-7-20(25-16-22(29)15-23(17-28)31-25)14-21(24)13-19-5-3-18(4-6-19)9-12-26(30)10-1-2-11-26/h3-8,14,22-23,25,28-30H,1-2,10-11,13,15-17H2/t22-,23?,25+/m0/s1. The van der Waals surface area contributed by atoms with Crippen LogP contribution in [0.5, 0.6) is 0 Å². The Hall–Kier alpha value is -1.87. The minimum atomic E-state index is -0.823. The molecule has 164 valence electrons. The van der Waals surface area contributed by atoms with Gasteiger partial charge >= 0.3 is 0 Å². The summed E-state index contributed by atoms with van der Waals surface area (Å²) in [5.41, 5.74) is 3.13. The normalized spacial score (nSPS) is 25.1. The van der Waals surface area contributed by atoms with Gasteiger partial charge in [0.15, 0.2) is 0 Å². The molecule has 5 heteroatoms. The zero-order valence-corrected chi connectivity index (χ0v) is 18.3. The molecule has 1 aliphatic heterocycles. The second-order valence-corrected chi connectivity index (χ2v) is 9.17. The molecule has 3 N–H and O–H groups in total. The molecule has 2 aliphatic rings. The summed E-state index contributed by atoms with van der Waals surface area (Å²) in [6.45, 7) is -0.0966. The van der Waals surface area contributed by atoms with E-state index in [2.05, 4.69) is 11.8 Å². The van der Waals surface area contributed by atoms with Gasteiger partial charge in [0.2, 0.25) is 0 Å². The smallest absolute Gasteiger partial charge is 0.125 e. The van der Waals surface area contributed by atoms with E-state index in [1.807, 2.05) is 42.5 Å². The molecular weight excluding hydrogens is 412 g/mol. The van der Waals surface area contributed by atoms with Gasteiger partial charge in [0.1, 0.15) is 5.60 Å². The molecule has 2 aromatic carbocycles. The zero-order valence-electron chi connectivity index (χ0n) is 17.6. The fraction of sp³-hybridized carbons (Fsp3) is 0.462. The summed E-state index contributed by atoms with van der Waals surface area (Å²) in [6.07, 6.45) is 4.15. The monoisotopic (exact) mass is 440 g/mol. The van der Waals surface area contributed by atoms with Crippen molar-refractivity contribution in [1.82, 2.24) is 0 Å². The van der Waals surface area contributed by atoms with Crippen molar-refractivity contribution in [2.75, 3.05) is 6.61 Å². The number of ether oxygens (including phenoxy) is 1. The molecule has 1 saturated heterocycles. The number of rotatable bonds is 4. The highest BCUT2D eigenvalue weighted by Crippen LogP contribution is 2.34. The molecule has 0 radical (unpaired) electrons. The molecule has 4 nitrogen and oxygen atoms in total. The minimum absolute atomic E-state index is 0.0966. The molecule has 2 fully saturated rings. The van der Waals surface area contributed by atoms with Crippen molar-refractivity contribution in [3.05, 3.63) is 69.7 Å². The Morgan fingerprint density at radius 2 is 1.81 bits per heavy atom. The van der Waals surface area contributed by atoms with E-state index in [0.717, 1.165) is 47.9 Å². The topological polar surface area (TPSA) is 69.9 Å². The first-order chi connectivity index (χ1) is 14.9. The number of aliphatic hydroxyl groups is 3. The fourth-order valence-electron chi connectivity index (χ4n) is 4.45. The Kier molecular flexibility index (Phi) is 7.01. The summed E-state index contributed by atoms with van der Waals surface area (Å²) >= 11 is 6.46. The van der Waals surface area contributed by atoms with Crippen LogP contribution in [0.15, 0.2) is 42.5 Å². The molecule has 0 amide bonds. The van der Waals surface area contributed by atoms with Crippen molar-refractivity contribution in [2.24, 2.45) is 0 Å². The van der Waals surface area contributed by atoms with E-state index in [4.69, 9.17) is 16.3 Å². The molecule has 31 heavy (non-hydrogen) atoms. The first kappa shape index (κ1) is 22.3. The first-order valence-corrected chi connectivity index (χ1v) is 11.4. The number of benzene rings is 2. The zero-order chi connectivity index (χ0) is 21.8. The van der Waals surface area contributed by atoms with Crippen LogP contribution in [0.2, 0.25) is 5.02 Å². The average Bonchev–Trinajstić information content (AvgIpc) is 3.21. The van der Waals surface area contributed by atoms with Gasteiger partial charge in [0, 0.05) is 23.4 Å². The number of aliphatic hydroxyl groups excluding tert-OH is 2. The van der Waals surface area contributed by atoms with Crippen LogP contribution >= 0.6 is 11.6 Å². The second kappa shape index (κ2) is 9.73. The van der Waals surface area contributed by atoms with Gasteiger partial charge in [-0.15, -0.1) is 0 Å². The summed E-state index contributed by atoms with van der Waals surface area (Å²) in [4.78, 5) is 0. The highest BCUT2D eigenvalue weighted by atomic mass is 35.5. The van der Waals surface area contributed by atoms with Gasteiger partial charge in [-0.1, -0.05) is 47.7 Å². The predicted octanol–water partition coefficient (Wildman–Crippen LogP) is 4.16. The maximum absolute atomic E-state index is 10.4. The molecule has 0 bridgehead atoms. The van der Waals surface area contributed by atoms with Gasteiger partial charge in [0.05, 0.1) is 24.9 Å². The lowest BCUT2D eigenvalue weighted by Gasteiger charge is -2.32. The minimum Gasteiger partial charge on any atom is -0.394 e. The third-order valence-electron chi connectivity index (χ3n) is 6.24. The molecule has 1 unspecified atom stereocenters. The van der Waals surface area contributed by atoms with Gasteiger partial charge in [-0.25, -0.2) is 0 Å². The van der Waals surface area contributed by atoms with E-state index < -0.39 is 11.7 Å². The molecule has 1 saturated carbocycles. The third-order valence-corrected chi connectivity index (χ3v) is 6.61. The van der Waals surface area contributed by atoms with Gasteiger partial charge in [-0.3, -0.25) is 0 Å². The molecule has 3 atom stereocenters. The van der Waals surface area contributed by atoms with E-state index in [1.54, 1.807) is 0 Å². The second-order valence-electron chi connectivity index (χ2n) is 8.77. The van der Waals surface area contributed by atoms with Gasteiger partial charge < -0.3 is 20.1 Å². The van der Waals surface area contributed by atoms with Gasteiger partial charge in [-0.05, 0) is 67.0 Å². The van der Waals surface area contributed by atoms with Crippen LogP contribution in [0.4, 0.5) is 0 Å². The van der Waals surface area contributed by atoms with Crippen LogP contribution in [0.1, 0.15) is 66.9 Å². The fourth-order valence-corrected chi connectivity index (χ4v) is 4.64. The lowest BCUT2D eigenvalue weighted by Crippen LogP contribution is -2.33. The summed E-state index contributed by atoms with van der Waals surface area (Å²) < 4.78 is 5.94. The molecule has 1 aliphatic carbocycles. The SMILES string of the molecule is OCC1C[C@H](O)C[C@H](c2ccc(Cl)c(Cc3ccc(C#CC4(O)CCCC4)cc3)c2)O1. The average molecular weight is 441 g/mol. The lowest BCUT2D eigenvalue weighted by atomic mass is 9.94. The summed E-state index contributed by atoms with van der Waals surface area (Å²) in [5.74, 6) is 6.15. The van der Waals surface area contributed by atoms with Crippen molar-refractivity contribution in [1.29, 1.82) is 0 Å². The maximum Gasteiger partial charge on any atom is 0.125 e. The van der Waals surface area contributed by atoms with E-state index in [0.29, 0.717) is 24.3 Å². The third kappa shape index (κ3) is 5.68. The quantitative estimate of drug-likeness (QED) is 0.624. The van der Waals surface area contributed by atoms with E-state index in [9.17, 15) is 15.3 Å². The lowest BCUT2D eigenvalue weighted by molar-refractivity contribution is -0.113. The van der Waals surface area contributed by atoms with Crippen LogP contribution in [-0.4, -0.2) is 39.7 Å². The predicted molar refractivity (Wildman–Crippen MR) is 121 cm³/mol. The summed E-state index contributed by atoms with van der Waals surface area (Å²) in [7, 11) is 0. The van der Waals surface area contributed by atoms with Crippen molar-refractivity contribution < 1.29 is 20.1 Å².